The maximum Gasteiger partial charge on any atom is 0.303 e. The van der Waals surface area contributed by atoms with Crippen LogP contribution in [0.2, 0.25) is 0 Å². The minimum Gasteiger partial charge on any atom is -0.494 e. The number of halogens is 1. The van der Waals surface area contributed by atoms with E-state index in [9.17, 15) is 14.3 Å². The number of carboxylic acid groups (broad SMARTS) is 1. The van der Waals surface area contributed by atoms with Gasteiger partial charge in [-0.3, -0.25) is 4.79 Å². The van der Waals surface area contributed by atoms with Gasteiger partial charge in [0, 0.05) is 12.0 Å². The lowest BCUT2D eigenvalue weighted by Crippen LogP contribution is -2.05. The number of hydrogen-bond donors (Lipinski definition) is 2. The van der Waals surface area contributed by atoms with E-state index in [4.69, 9.17) is 9.84 Å². The van der Waals surface area contributed by atoms with E-state index in [-0.39, 0.29) is 11.6 Å². The summed E-state index contributed by atoms with van der Waals surface area (Å²) in [6.45, 7) is 2.11. The van der Waals surface area contributed by atoms with Gasteiger partial charge in [-0.1, -0.05) is 76.2 Å². The van der Waals surface area contributed by atoms with E-state index in [1.54, 1.807) is 30.4 Å². The molecule has 0 spiro atoms. The minimum atomic E-state index is -0.675. The average molecular weight is 409 g/mol. The third kappa shape index (κ3) is 11.0. The maximum atomic E-state index is 13.9. The average Bonchev–Trinajstić information content (AvgIpc) is 3.23. The van der Waals surface area contributed by atoms with Gasteiger partial charge in [-0.2, -0.15) is 0 Å². The van der Waals surface area contributed by atoms with Crippen LogP contribution in [0.25, 0.3) is 6.08 Å². The molecule has 2 rings (SSSR count). The zero-order chi connectivity index (χ0) is 21.5. The highest BCUT2D eigenvalue weighted by Crippen LogP contribution is 2.29. The van der Waals surface area contributed by atoms with Crippen LogP contribution >= 0.6 is 0 Å². The number of carbonyl (C=O) groups is 1. The van der Waals surface area contributed by atoms with Crippen molar-refractivity contribution in [3.63, 3.8) is 0 Å². The molecule has 1 aromatic rings. The molecule has 1 unspecified atom stereocenters. The van der Waals surface area contributed by atoms with Gasteiger partial charge in [0.1, 0.15) is 0 Å². The van der Waals surface area contributed by atoms with Crippen LogP contribution in [-0.2, 0) is 4.79 Å². The fourth-order valence-electron chi connectivity index (χ4n) is 3.53. The van der Waals surface area contributed by atoms with E-state index in [0.29, 0.717) is 12.0 Å². The molecule has 2 N–H and O–H groups in total. The predicted octanol–water partition coefficient (Wildman–Crippen LogP) is 6.22. The van der Waals surface area contributed by atoms with Gasteiger partial charge in [-0.15, -0.1) is 0 Å². The molecule has 0 amide bonds. The largest absolute Gasteiger partial charge is 0.494 e. The molecule has 1 aliphatic carbocycles. The van der Waals surface area contributed by atoms with Crippen LogP contribution in [-0.4, -0.2) is 29.4 Å². The van der Waals surface area contributed by atoms with Crippen molar-refractivity contribution in [3.05, 3.63) is 35.7 Å². The number of benzene rings is 1. The molecule has 0 aliphatic heterocycles. The van der Waals surface area contributed by atoms with Crippen LogP contribution < -0.4 is 4.74 Å². The van der Waals surface area contributed by atoms with Gasteiger partial charge >= 0.3 is 5.97 Å². The van der Waals surface area contributed by atoms with Gasteiger partial charge < -0.3 is 14.9 Å². The fourth-order valence-corrected chi connectivity index (χ4v) is 3.53. The summed E-state index contributed by atoms with van der Waals surface area (Å²) in [5, 5.41) is 18.2. The Morgan fingerprint density at radius 1 is 1.28 bits per heavy atom. The number of carboxylic acids is 1. The number of aliphatic carboxylic acids is 1. The van der Waals surface area contributed by atoms with Crippen molar-refractivity contribution in [1.29, 1.82) is 0 Å². The van der Waals surface area contributed by atoms with Gasteiger partial charge in [0.15, 0.2) is 11.6 Å². The SMILES string of the molecule is CCCCCCC(=O)O.COc1cccc(/C=C/C(O)CCC2CCCC2)c1F. The van der Waals surface area contributed by atoms with Crippen molar-refractivity contribution in [1.82, 2.24) is 0 Å². The topological polar surface area (TPSA) is 66.8 Å². The van der Waals surface area contributed by atoms with Crippen LogP contribution in [0.15, 0.2) is 24.3 Å². The summed E-state index contributed by atoms with van der Waals surface area (Å²) in [5.74, 6) is -0.0560. The van der Waals surface area contributed by atoms with Gasteiger partial charge in [0.05, 0.1) is 13.2 Å². The number of rotatable bonds is 11. The zero-order valence-corrected chi connectivity index (χ0v) is 17.9. The van der Waals surface area contributed by atoms with Crippen LogP contribution in [0.3, 0.4) is 0 Å². The molecule has 1 atom stereocenters. The number of methoxy groups -OCH3 is 1. The third-order valence-corrected chi connectivity index (χ3v) is 5.30. The lowest BCUT2D eigenvalue weighted by Gasteiger charge is -2.11. The Morgan fingerprint density at radius 2 is 2.00 bits per heavy atom. The molecule has 0 aromatic heterocycles. The summed E-state index contributed by atoms with van der Waals surface area (Å²) in [7, 11) is 1.45. The molecule has 1 fully saturated rings. The molecule has 4 nitrogen and oxygen atoms in total. The monoisotopic (exact) mass is 408 g/mol. The van der Waals surface area contributed by atoms with Crippen LogP contribution in [0, 0.1) is 11.7 Å². The van der Waals surface area contributed by atoms with Gasteiger partial charge in [0.2, 0.25) is 0 Å². The second kappa shape index (κ2) is 15.0. The third-order valence-electron chi connectivity index (χ3n) is 5.30. The molecule has 0 heterocycles. The minimum absolute atomic E-state index is 0.229. The smallest absolute Gasteiger partial charge is 0.303 e. The summed E-state index contributed by atoms with van der Waals surface area (Å²) in [5.41, 5.74) is 0.448. The molecule has 5 heteroatoms. The first kappa shape index (κ1) is 25.2. The Hall–Kier alpha value is -1.88. The first-order chi connectivity index (χ1) is 14.0. The molecule has 164 valence electrons. The first-order valence-corrected chi connectivity index (χ1v) is 10.9. The van der Waals surface area contributed by atoms with Crippen molar-refractivity contribution >= 4 is 12.0 Å². The second-order valence-electron chi connectivity index (χ2n) is 7.72. The molecule has 0 bridgehead atoms. The summed E-state index contributed by atoms with van der Waals surface area (Å²) in [6.07, 6.45) is 14.4. The molecule has 1 aromatic carbocycles. The second-order valence-corrected chi connectivity index (χ2v) is 7.72. The van der Waals surface area contributed by atoms with E-state index in [0.717, 1.165) is 38.0 Å². The Balaban J connectivity index is 0.000000396. The number of aliphatic hydroxyl groups is 1. The Bertz CT molecular complexity index is 609. The number of hydrogen-bond acceptors (Lipinski definition) is 3. The first-order valence-electron chi connectivity index (χ1n) is 10.9. The summed E-state index contributed by atoms with van der Waals surface area (Å²) in [6, 6.07) is 5.01. The fraction of sp³-hybridized carbons (Fsp3) is 0.625. The predicted molar refractivity (Wildman–Crippen MR) is 116 cm³/mol. The van der Waals surface area contributed by atoms with E-state index in [1.165, 1.54) is 39.2 Å². The van der Waals surface area contributed by atoms with E-state index in [2.05, 4.69) is 6.92 Å². The number of unbranched alkanes of at least 4 members (excludes halogenated alkanes) is 3. The molecule has 1 aliphatic rings. The highest BCUT2D eigenvalue weighted by molar-refractivity contribution is 5.66. The van der Waals surface area contributed by atoms with Crippen LogP contribution in [0.4, 0.5) is 4.39 Å². The Kier molecular flexibility index (Phi) is 13.0. The normalized spacial score (nSPS) is 15.2. The molecule has 0 saturated heterocycles. The maximum absolute atomic E-state index is 13.9. The highest BCUT2D eigenvalue weighted by atomic mass is 19.1. The van der Waals surface area contributed by atoms with E-state index < -0.39 is 12.1 Å². The molecular formula is C24H37FO4. The lowest BCUT2D eigenvalue weighted by molar-refractivity contribution is -0.137. The number of aliphatic hydroxyl groups excluding tert-OH is 1. The van der Waals surface area contributed by atoms with Gasteiger partial charge in [-0.25, -0.2) is 4.39 Å². The van der Waals surface area contributed by atoms with Crippen molar-refractivity contribution in [3.8, 4) is 5.75 Å². The van der Waals surface area contributed by atoms with Crippen molar-refractivity contribution < 1.29 is 24.1 Å². The standard InChI is InChI=1S/C17H23FO2.C7H14O2/c1-20-16-8-4-7-14(17(16)18)10-12-15(19)11-9-13-5-2-3-6-13;1-2-3-4-5-6-7(8)9/h4,7-8,10,12-13,15,19H,2-3,5-6,9,11H2,1H3;2-6H2,1H3,(H,8,9)/b12-10+;. The molecule has 29 heavy (non-hydrogen) atoms. The lowest BCUT2D eigenvalue weighted by atomic mass is 9.99. The summed E-state index contributed by atoms with van der Waals surface area (Å²) < 4.78 is 18.8. The van der Waals surface area contributed by atoms with Gasteiger partial charge in [0.25, 0.3) is 0 Å². The van der Waals surface area contributed by atoms with E-state index in [1.807, 2.05) is 0 Å². The van der Waals surface area contributed by atoms with Crippen molar-refractivity contribution in [2.75, 3.05) is 7.11 Å². The van der Waals surface area contributed by atoms with Gasteiger partial charge in [-0.05, 0) is 31.2 Å². The summed E-state index contributed by atoms with van der Waals surface area (Å²) in [4.78, 5) is 9.96. The van der Waals surface area contributed by atoms with Crippen LogP contribution in [0.1, 0.15) is 83.1 Å². The highest BCUT2D eigenvalue weighted by Gasteiger charge is 2.15. The van der Waals surface area contributed by atoms with Crippen LogP contribution in [0.5, 0.6) is 5.75 Å². The van der Waals surface area contributed by atoms with E-state index >= 15 is 0 Å². The molecule has 0 radical (unpaired) electrons. The number of ether oxygens (including phenoxy) is 1. The summed E-state index contributed by atoms with van der Waals surface area (Å²) >= 11 is 0. The van der Waals surface area contributed by atoms with Crippen molar-refractivity contribution in [2.45, 2.75) is 83.7 Å². The Morgan fingerprint density at radius 3 is 2.62 bits per heavy atom. The Labute approximate surface area is 174 Å². The zero-order valence-electron chi connectivity index (χ0n) is 17.9. The quantitative estimate of drug-likeness (QED) is 0.427. The molecular weight excluding hydrogens is 371 g/mol. The van der Waals surface area contributed by atoms with Crippen molar-refractivity contribution in [2.24, 2.45) is 5.92 Å². The molecule has 1 saturated carbocycles.